The Hall–Kier alpha value is -2.40. The Bertz CT molecular complexity index is 975. The van der Waals surface area contributed by atoms with Crippen LogP contribution in [-0.4, -0.2) is 40.0 Å². The van der Waals surface area contributed by atoms with E-state index in [1.807, 2.05) is 0 Å². The maximum absolute atomic E-state index is 11.6. The van der Waals surface area contributed by atoms with Gasteiger partial charge >= 0.3 is 0 Å². The van der Waals surface area contributed by atoms with Crippen LogP contribution in [-0.2, 0) is 20.2 Å². The summed E-state index contributed by atoms with van der Waals surface area (Å²) in [6.07, 6.45) is 2.68. The first-order valence-electron chi connectivity index (χ1n) is 7.33. The van der Waals surface area contributed by atoms with E-state index in [1.54, 1.807) is 26.2 Å². The molecule has 0 aliphatic rings. The zero-order valence-electron chi connectivity index (χ0n) is 14.0. The van der Waals surface area contributed by atoms with Crippen molar-refractivity contribution in [3.05, 3.63) is 47.5 Å². The molecule has 0 spiro atoms. The predicted molar refractivity (Wildman–Crippen MR) is 101 cm³/mol. The summed E-state index contributed by atoms with van der Waals surface area (Å²) in [5, 5.41) is 5.53. The van der Waals surface area contributed by atoms with Gasteiger partial charge in [0.2, 0.25) is 0 Å². The molecule has 0 bridgehead atoms. The van der Waals surface area contributed by atoms with Crippen LogP contribution < -0.4 is 10.6 Å². The van der Waals surface area contributed by atoms with Gasteiger partial charge in [0.1, 0.15) is 9.79 Å². The van der Waals surface area contributed by atoms with Gasteiger partial charge in [0.15, 0.2) is 0 Å². The molecule has 2 aromatic carbocycles. The zero-order valence-corrected chi connectivity index (χ0v) is 15.6. The summed E-state index contributed by atoms with van der Waals surface area (Å²) in [7, 11) is -5.78. The average molecular weight is 398 g/mol. The van der Waals surface area contributed by atoms with E-state index >= 15 is 0 Å². The van der Waals surface area contributed by atoms with E-state index in [9.17, 15) is 25.9 Å². The first-order chi connectivity index (χ1) is 12.1. The lowest BCUT2D eigenvalue weighted by Gasteiger charge is -2.08. The Kier molecular flexibility index (Phi) is 5.71. The van der Waals surface area contributed by atoms with Crippen molar-refractivity contribution in [2.24, 2.45) is 0 Å². The molecule has 0 amide bonds. The van der Waals surface area contributed by atoms with Crippen LogP contribution in [0.15, 0.2) is 46.2 Å². The van der Waals surface area contributed by atoms with Gasteiger partial charge in [0.25, 0.3) is 20.2 Å². The summed E-state index contributed by atoms with van der Waals surface area (Å²) in [5.74, 6) is 0. The molecule has 2 aromatic rings. The van der Waals surface area contributed by atoms with Crippen LogP contribution in [0.3, 0.4) is 0 Å². The third kappa shape index (κ3) is 4.61. The molecular formula is C16H18N2O6S2. The molecule has 0 saturated carbocycles. The highest BCUT2D eigenvalue weighted by Crippen LogP contribution is 2.25. The summed E-state index contributed by atoms with van der Waals surface area (Å²) in [4.78, 5) is -0.665. The van der Waals surface area contributed by atoms with Crippen molar-refractivity contribution < 1.29 is 25.9 Å². The second-order valence-electron chi connectivity index (χ2n) is 5.29. The lowest BCUT2D eigenvalue weighted by atomic mass is 10.1. The number of hydrogen-bond acceptors (Lipinski definition) is 6. The first kappa shape index (κ1) is 19.9. The lowest BCUT2D eigenvalue weighted by Crippen LogP contribution is -2.03. The number of nitrogens with one attached hydrogen (secondary N) is 2. The van der Waals surface area contributed by atoms with Gasteiger partial charge < -0.3 is 10.6 Å². The molecule has 0 aliphatic carbocycles. The summed E-state index contributed by atoms with van der Waals surface area (Å²) in [6.45, 7) is 0. The molecule has 2 rings (SSSR count). The molecule has 10 heteroatoms. The maximum Gasteiger partial charge on any atom is 0.295 e. The fourth-order valence-corrected chi connectivity index (χ4v) is 3.70. The number of rotatable bonds is 6. The van der Waals surface area contributed by atoms with Crippen LogP contribution in [0.4, 0.5) is 11.4 Å². The monoisotopic (exact) mass is 398 g/mol. The highest BCUT2D eigenvalue weighted by molar-refractivity contribution is 7.86. The smallest absolute Gasteiger partial charge is 0.295 e. The van der Waals surface area contributed by atoms with Gasteiger partial charge in [-0.15, -0.1) is 0 Å². The number of benzene rings is 2. The summed E-state index contributed by atoms with van der Waals surface area (Å²) < 4.78 is 65.2. The molecule has 0 heterocycles. The fourth-order valence-electron chi connectivity index (χ4n) is 2.28. The quantitative estimate of drug-likeness (QED) is 0.431. The Morgan fingerprint density at radius 1 is 0.731 bits per heavy atom. The molecule has 0 atom stereocenters. The standard InChI is InChI=1S/C16H18N2O6S2/c1-17-13-7-5-11(15(9-13)25(19,20)21)3-4-12-6-8-14(18-2)10-16(12)26(22,23)24/h3-10,17-18H,1-2H3,(H,19,20,21)(H,22,23,24)/b4-3+. The van der Waals surface area contributed by atoms with Crippen molar-refractivity contribution in [3.63, 3.8) is 0 Å². The lowest BCUT2D eigenvalue weighted by molar-refractivity contribution is 0.480. The van der Waals surface area contributed by atoms with Gasteiger partial charge in [-0.2, -0.15) is 16.8 Å². The second kappa shape index (κ2) is 7.46. The van der Waals surface area contributed by atoms with E-state index in [2.05, 4.69) is 10.6 Å². The van der Waals surface area contributed by atoms with Gasteiger partial charge in [-0.25, -0.2) is 0 Å². The van der Waals surface area contributed by atoms with Gasteiger partial charge in [0, 0.05) is 25.5 Å². The largest absolute Gasteiger partial charge is 0.388 e. The van der Waals surface area contributed by atoms with Gasteiger partial charge in [-0.05, 0) is 35.4 Å². The van der Waals surface area contributed by atoms with Crippen LogP contribution in [0.2, 0.25) is 0 Å². The van der Waals surface area contributed by atoms with Crippen molar-refractivity contribution in [1.82, 2.24) is 0 Å². The molecule has 0 saturated heterocycles. The van der Waals surface area contributed by atoms with Gasteiger partial charge in [-0.1, -0.05) is 24.3 Å². The van der Waals surface area contributed by atoms with Crippen LogP contribution in [0, 0.1) is 0 Å². The Morgan fingerprint density at radius 3 is 1.35 bits per heavy atom. The third-order valence-electron chi connectivity index (χ3n) is 3.60. The maximum atomic E-state index is 11.6. The highest BCUT2D eigenvalue weighted by Gasteiger charge is 2.17. The number of hydrogen-bond donors (Lipinski definition) is 4. The van der Waals surface area contributed by atoms with Crippen LogP contribution in [0.1, 0.15) is 11.1 Å². The molecule has 8 nitrogen and oxygen atoms in total. The van der Waals surface area contributed by atoms with Crippen LogP contribution >= 0.6 is 0 Å². The Balaban J connectivity index is 2.58. The van der Waals surface area contributed by atoms with Crippen molar-refractivity contribution in [1.29, 1.82) is 0 Å². The minimum absolute atomic E-state index is 0.158. The number of anilines is 2. The van der Waals surface area contributed by atoms with Crippen molar-refractivity contribution in [2.45, 2.75) is 9.79 Å². The molecule has 0 aromatic heterocycles. The molecule has 0 aliphatic heterocycles. The third-order valence-corrected chi connectivity index (χ3v) is 5.42. The highest BCUT2D eigenvalue weighted by atomic mass is 32.2. The average Bonchev–Trinajstić information content (AvgIpc) is 2.58. The molecular weight excluding hydrogens is 380 g/mol. The van der Waals surface area contributed by atoms with Gasteiger partial charge in [-0.3, -0.25) is 9.11 Å². The summed E-state index contributed by atoms with van der Waals surface area (Å²) in [6, 6.07) is 8.62. The molecule has 0 radical (unpaired) electrons. The minimum Gasteiger partial charge on any atom is -0.388 e. The SMILES string of the molecule is CNc1ccc(/C=C/c2ccc(NC)cc2S(=O)(=O)O)c(S(=O)(=O)O)c1. The Labute approximate surface area is 152 Å². The predicted octanol–water partition coefficient (Wildman–Crippen LogP) is 2.43. The molecule has 0 fully saturated rings. The van der Waals surface area contributed by atoms with Crippen molar-refractivity contribution in [2.75, 3.05) is 24.7 Å². The second-order valence-corrected chi connectivity index (χ2v) is 8.07. The normalized spacial score (nSPS) is 12.3. The van der Waals surface area contributed by atoms with E-state index in [0.717, 1.165) is 0 Å². The van der Waals surface area contributed by atoms with Crippen LogP contribution in [0.5, 0.6) is 0 Å². The summed E-state index contributed by atoms with van der Waals surface area (Å²) >= 11 is 0. The first-order valence-corrected chi connectivity index (χ1v) is 10.2. The van der Waals surface area contributed by atoms with E-state index in [4.69, 9.17) is 0 Å². The topological polar surface area (TPSA) is 133 Å². The molecule has 4 N–H and O–H groups in total. The van der Waals surface area contributed by atoms with Crippen LogP contribution in [0.25, 0.3) is 12.2 Å². The molecule has 26 heavy (non-hydrogen) atoms. The van der Waals surface area contributed by atoms with E-state index in [-0.39, 0.29) is 20.9 Å². The zero-order chi connectivity index (χ0) is 19.5. The molecule has 140 valence electrons. The van der Waals surface area contributed by atoms with E-state index in [1.165, 1.54) is 36.4 Å². The minimum atomic E-state index is -4.49. The Morgan fingerprint density at radius 2 is 1.08 bits per heavy atom. The van der Waals surface area contributed by atoms with E-state index in [0.29, 0.717) is 11.4 Å². The van der Waals surface area contributed by atoms with Crippen molar-refractivity contribution >= 4 is 43.8 Å². The molecule has 0 unspecified atom stereocenters. The van der Waals surface area contributed by atoms with E-state index < -0.39 is 20.2 Å². The summed E-state index contributed by atoms with van der Waals surface area (Å²) in [5.41, 5.74) is 1.27. The van der Waals surface area contributed by atoms with Crippen molar-refractivity contribution in [3.8, 4) is 0 Å². The fraction of sp³-hybridized carbons (Fsp3) is 0.125. The van der Waals surface area contributed by atoms with Gasteiger partial charge in [0.05, 0.1) is 0 Å².